The maximum Gasteiger partial charge on any atom is 0.131 e. The summed E-state index contributed by atoms with van der Waals surface area (Å²) in [4.78, 5) is 6.95. The topological polar surface area (TPSA) is 37.4 Å². The highest BCUT2D eigenvalue weighted by molar-refractivity contribution is 5.47. The van der Waals surface area contributed by atoms with Gasteiger partial charge in [-0.2, -0.15) is 0 Å². The van der Waals surface area contributed by atoms with Crippen LogP contribution in [0.15, 0.2) is 12.3 Å². The molecule has 0 radical (unpaired) electrons. The molecule has 0 saturated carbocycles. The smallest absolute Gasteiger partial charge is 0.131 e. The summed E-state index contributed by atoms with van der Waals surface area (Å²) in [5.41, 5.74) is 2.46. The largest absolute Gasteiger partial charge is 0.383 e. The molecule has 1 unspecified atom stereocenters. The third kappa shape index (κ3) is 6.02. The maximum atomic E-state index is 5.03. The van der Waals surface area contributed by atoms with Gasteiger partial charge in [-0.15, -0.1) is 0 Å². The molecule has 21 heavy (non-hydrogen) atoms. The van der Waals surface area contributed by atoms with E-state index in [1.807, 2.05) is 6.20 Å². The van der Waals surface area contributed by atoms with Crippen LogP contribution in [0.25, 0.3) is 0 Å². The molecule has 1 rings (SSSR count). The normalized spacial score (nSPS) is 12.7. The Morgan fingerprint density at radius 3 is 2.62 bits per heavy atom. The molecule has 4 nitrogen and oxygen atoms in total. The number of pyridine rings is 1. The monoisotopic (exact) mass is 293 g/mol. The van der Waals surface area contributed by atoms with Crippen LogP contribution in [0.1, 0.15) is 38.3 Å². The molecule has 1 N–H and O–H groups in total. The van der Waals surface area contributed by atoms with Gasteiger partial charge in [0.2, 0.25) is 0 Å². The maximum absolute atomic E-state index is 5.03. The van der Waals surface area contributed by atoms with Crippen LogP contribution in [-0.2, 0) is 11.3 Å². The molecule has 1 atom stereocenters. The number of methoxy groups -OCH3 is 1. The average Bonchev–Trinajstić information content (AvgIpc) is 2.42. The zero-order valence-corrected chi connectivity index (χ0v) is 14.4. The first kappa shape index (κ1) is 17.9. The van der Waals surface area contributed by atoms with Gasteiger partial charge in [-0.3, -0.25) is 0 Å². The second-order valence-corrected chi connectivity index (χ2v) is 6.24. The van der Waals surface area contributed by atoms with E-state index >= 15 is 0 Å². The molecule has 1 aromatic rings. The van der Waals surface area contributed by atoms with Gasteiger partial charge in [0.25, 0.3) is 0 Å². The molecular formula is C17H31N3O. The Balaban J connectivity index is 2.64. The fraction of sp³-hybridized carbons (Fsp3) is 0.706. The van der Waals surface area contributed by atoms with Gasteiger partial charge >= 0.3 is 0 Å². The molecule has 0 aliphatic rings. The highest BCUT2D eigenvalue weighted by Gasteiger charge is 2.14. The molecule has 120 valence electrons. The zero-order valence-electron chi connectivity index (χ0n) is 14.4. The Morgan fingerprint density at radius 2 is 2.05 bits per heavy atom. The van der Waals surface area contributed by atoms with Gasteiger partial charge in [-0.1, -0.05) is 13.8 Å². The van der Waals surface area contributed by atoms with Crippen LogP contribution in [0, 0.1) is 12.8 Å². The zero-order chi connectivity index (χ0) is 15.8. The third-order valence-electron chi connectivity index (χ3n) is 3.73. The summed E-state index contributed by atoms with van der Waals surface area (Å²) < 4.78 is 5.03. The lowest BCUT2D eigenvalue weighted by Crippen LogP contribution is -2.31. The lowest BCUT2D eigenvalue weighted by Gasteiger charge is -2.28. The molecular weight excluding hydrogens is 262 g/mol. The predicted molar refractivity (Wildman–Crippen MR) is 89.9 cm³/mol. The Bertz CT molecular complexity index is 420. The first-order chi connectivity index (χ1) is 9.95. The summed E-state index contributed by atoms with van der Waals surface area (Å²) in [7, 11) is 3.86. The predicted octanol–water partition coefficient (Wildman–Crippen LogP) is 3.00. The van der Waals surface area contributed by atoms with Crippen molar-refractivity contribution in [3.63, 3.8) is 0 Å². The summed E-state index contributed by atoms with van der Waals surface area (Å²) in [6.07, 6.45) is 3.15. The Hall–Kier alpha value is -1.13. The second-order valence-electron chi connectivity index (χ2n) is 6.24. The lowest BCUT2D eigenvalue weighted by atomic mass is 10.0. The number of aryl methyl sites for hydroxylation is 1. The van der Waals surface area contributed by atoms with E-state index < -0.39 is 0 Å². The van der Waals surface area contributed by atoms with Crippen LogP contribution in [0.5, 0.6) is 0 Å². The summed E-state index contributed by atoms with van der Waals surface area (Å²) in [5, 5.41) is 3.35. The van der Waals surface area contributed by atoms with Crippen LogP contribution in [0.3, 0.4) is 0 Å². The molecule has 0 aliphatic heterocycles. The number of anilines is 1. The minimum absolute atomic E-state index is 0.502. The Labute approximate surface area is 129 Å². The van der Waals surface area contributed by atoms with Gasteiger partial charge in [0.15, 0.2) is 0 Å². The van der Waals surface area contributed by atoms with Crippen LogP contribution < -0.4 is 10.2 Å². The van der Waals surface area contributed by atoms with E-state index in [9.17, 15) is 0 Å². The van der Waals surface area contributed by atoms with Crippen molar-refractivity contribution in [3.05, 3.63) is 23.4 Å². The SMILES string of the molecule is COCCNCc1cnc(N(C)C(C)CC(C)C)c(C)c1. The van der Waals surface area contributed by atoms with E-state index in [4.69, 9.17) is 4.74 Å². The van der Waals surface area contributed by atoms with E-state index in [0.29, 0.717) is 12.0 Å². The Kier molecular flexibility index (Phi) is 7.68. The number of hydrogen-bond donors (Lipinski definition) is 1. The van der Waals surface area contributed by atoms with E-state index in [1.54, 1.807) is 7.11 Å². The minimum Gasteiger partial charge on any atom is -0.383 e. The van der Waals surface area contributed by atoms with Crippen molar-refractivity contribution >= 4 is 5.82 Å². The van der Waals surface area contributed by atoms with Crippen molar-refractivity contribution < 1.29 is 4.74 Å². The quantitative estimate of drug-likeness (QED) is 0.710. The molecule has 0 spiro atoms. The number of nitrogens with zero attached hydrogens (tertiary/aromatic N) is 2. The van der Waals surface area contributed by atoms with Crippen LogP contribution >= 0.6 is 0 Å². The van der Waals surface area contributed by atoms with Crippen molar-refractivity contribution in [2.24, 2.45) is 5.92 Å². The molecule has 1 aromatic heterocycles. The summed E-state index contributed by atoms with van der Waals surface area (Å²) in [5.74, 6) is 1.79. The number of rotatable bonds is 9. The Morgan fingerprint density at radius 1 is 1.33 bits per heavy atom. The van der Waals surface area contributed by atoms with Gasteiger partial charge in [-0.05, 0) is 43.4 Å². The molecule has 1 heterocycles. The summed E-state index contributed by atoms with van der Waals surface area (Å²) >= 11 is 0. The number of ether oxygens (including phenoxy) is 1. The van der Waals surface area contributed by atoms with Crippen LogP contribution in [0.2, 0.25) is 0 Å². The third-order valence-corrected chi connectivity index (χ3v) is 3.73. The van der Waals surface area contributed by atoms with Crippen LogP contribution in [0.4, 0.5) is 5.82 Å². The van der Waals surface area contributed by atoms with E-state index in [1.165, 1.54) is 17.5 Å². The van der Waals surface area contributed by atoms with Crippen molar-refractivity contribution in [1.29, 1.82) is 0 Å². The van der Waals surface area contributed by atoms with Crippen LogP contribution in [-0.4, -0.2) is 38.3 Å². The van der Waals surface area contributed by atoms with Gasteiger partial charge in [0.1, 0.15) is 5.82 Å². The van der Waals surface area contributed by atoms with Crippen molar-refractivity contribution in [2.75, 3.05) is 32.2 Å². The minimum atomic E-state index is 0.502. The molecule has 0 aliphatic carbocycles. The molecule has 0 bridgehead atoms. The fourth-order valence-electron chi connectivity index (χ4n) is 2.55. The highest BCUT2D eigenvalue weighted by Crippen LogP contribution is 2.21. The van der Waals surface area contributed by atoms with Crippen molar-refractivity contribution in [2.45, 2.75) is 46.7 Å². The second kappa shape index (κ2) is 9.00. The van der Waals surface area contributed by atoms with E-state index in [-0.39, 0.29) is 0 Å². The average molecular weight is 293 g/mol. The van der Waals surface area contributed by atoms with Gasteiger partial charge in [0.05, 0.1) is 6.61 Å². The van der Waals surface area contributed by atoms with Gasteiger partial charge < -0.3 is 15.0 Å². The standard InChI is InChI=1S/C17H31N3O/c1-13(2)9-15(4)20(5)17-14(3)10-16(12-19-17)11-18-7-8-21-6/h10,12-13,15,18H,7-9,11H2,1-6H3. The van der Waals surface area contributed by atoms with Gasteiger partial charge in [0, 0.05) is 39.5 Å². The lowest BCUT2D eigenvalue weighted by molar-refractivity contribution is 0.199. The number of aromatic nitrogens is 1. The van der Waals surface area contributed by atoms with E-state index in [2.05, 4.69) is 56.0 Å². The van der Waals surface area contributed by atoms with Crippen molar-refractivity contribution in [3.8, 4) is 0 Å². The number of nitrogens with one attached hydrogen (secondary N) is 1. The van der Waals surface area contributed by atoms with Gasteiger partial charge in [-0.25, -0.2) is 4.98 Å². The summed E-state index contributed by atoms with van der Waals surface area (Å²) in [6, 6.07) is 2.72. The molecule has 4 heteroatoms. The first-order valence-electron chi connectivity index (χ1n) is 7.83. The highest BCUT2D eigenvalue weighted by atomic mass is 16.5. The summed E-state index contributed by atoms with van der Waals surface area (Å²) in [6.45, 7) is 11.4. The van der Waals surface area contributed by atoms with Crippen molar-refractivity contribution in [1.82, 2.24) is 10.3 Å². The molecule has 0 fully saturated rings. The first-order valence-corrected chi connectivity index (χ1v) is 7.83. The molecule has 0 saturated heterocycles. The molecule has 0 amide bonds. The fourth-order valence-corrected chi connectivity index (χ4v) is 2.55. The molecule has 0 aromatic carbocycles. The van der Waals surface area contributed by atoms with E-state index in [0.717, 1.165) is 25.5 Å². The number of hydrogen-bond acceptors (Lipinski definition) is 4.